The Kier molecular flexibility index (Phi) is 1.88. The fraction of sp³-hybridized carbons (Fsp3) is 0. The Labute approximate surface area is 74.9 Å². The minimum atomic E-state index is 0.185. The largest absolute Gasteiger partial charge is 0.507 e. The van der Waals surface area contributed by atoms with Crippen molar-refractivity contribution in [1.29, 1.82) is 0 Å². The minimum absolute atomic E-state index is 0.185. The first-order valence-corrected chi connectivity index (χ1v) is 3.79. The van der Waals surface area contributed by atoms with Gasteiger partial charge in [-0.1, -0.05) is 12.1 Å². The van der Waals surface area contributed by atoms with Crippen molar-refractivity contribution in [3.8, 4) is 17.0 Å². The van der Waals surface area contributed by atoms with Crippen LogP contribution in [-0.4, -0.2) is 20.3 Å². The molecule has 0 atom stereocenters. The summed E-state index contributed by atoms with van der Waals surface area (Å²) in [6.45, 7) is 0. The highest BCUT2D eigenvalue weighted by Gasteiger charge is 2.03. The highest BCUT2D eigenvalue weighted by molar-refractivity contribution is 5.65. The Morgan fingerprint density at radius 3 is 2.69 bits per heavy atom. The molecule has 1 aromatic heterocycles. The molecule has 4 heteroatoms. The lowest BCUT2D eigenvalue weighted by molar-refractivity contribution is 0.477. The molecule has 0 radical (unpaired) electrons. The number of aromatic nitrogens is 3. The lowest BCUT2D eigenvalue weighted by Gasteiger charge is -2.00. The van der Waals surface area contributed by atoms with E-state index in [1.54, 1.807) is 24.4 Å². The van der Waals surface area contributed by atoms with Crippen LogP contribution in [0.4, 0.5) is 0 Å². The first-order valence-electron chi connectivity index (χ1n) is 3.79. The molecule has 0 amide bonds. The summed E-state index contributed by atoms with van der Waals surface area (Å²) in [5.74, 6) is 0.185. The van der Waals surface area contributed by atoms with Crippen molar-refractivity contribution in [3.05, 3.63) is 36.8 Å². The Hall–Kier alpha value is -1.97. The van der Waals surface area contributed by atoms with Gasteiger partial charge < -0.3 is 5.11 Å². The molecule has 2 rings (SSSR count). The van der Waals surface area contributed by atoms with Gasteiger partial charge in [-0.15, -0.1) is 10.2 Å². The van der Waals surface area contributed by atoms with Crippen molar-refractivity contribution in [2.75, 3.05) is 0 Å². The number of benzene rings is 1. The molecule has 0 saturated carbocycles. The van der Waals surface area contributed by atoms with E-state index in [0.717, 1.165) is 0 Å². The molecule has 1 aromatic carbocycles. The molecular formula is C9H7N3O. The molecule has 0 spiro atoms. The quantitative estimate of drug-likeness (QED) is 0.704. The number of hydrogen-bond acceptors (Lipinski definition) is 4. The molecule has 0 aliphatic carbocycles. The van der Waals surface area contributed by atoms with Crippen molar-refractivity contribution in [2.45, 2.75) is 0 Å². The monoisotopic (exact) mass is 173 g/mol. The Bertz CT molecular complexity index is 403. The first kappa shape index (κ1) is 7.67. The topological polar surface area (TPSA) is 58.9 Å². The number of hydrogen-bond donors (Lipinski definition) is 1. The van der Waals surface area contributed by atoms with Gasteiger partial charge >= 0.3 is 0 Å². The molecule has 4 nitrogen and oxygen atoms in total. The number of aromatic hydroxyl groups is 1. The fourth-order valence-electron chi connectivity index (χ4n) is 1.06. The normalized spacial score (nSPS) is 9.85. The number of para-hydroxylation sites is 1. The van der Waals surface area contributed by atoms with E-state index in [-0.39, 0.29) is 5.75 Å². The zero-order chi connectivity index (χ0) is 9.10. The van der Waals surface area contributed by atoms with Crippen molar-refractivity contribution in [2.24, 2.45) is 0 Å². The van der Waals surface area contributed by atoms with Gasteiger partial charge in [0.2, 0.25) is 0 Å². The van der Waals surface area contributed by atoms with Crippen LogP contribution in [0.1, 0.15) is 0 Å². The van der Waals surface area contributed by atoms with Gasteiger partial charge in [-0.25, -0.2) is 4.98 Å². The number of phenolic OH excluding ortho intramolecular Hbond substituents is 1. The van der Waals surface area contributed by atoms with Gasteiger partial charge in [0, 0.05) is 5.56 Å². The first-order chi connectivity index (χ1) is 6.38. The fourth-order valence-corrected chi connectivity index (χ4v) is 1.06. The molecule has 0 unspecified atom stereocenters. The van der Waals surface area contributed by atoms with E-state index in [9.17, 15) is 5.11 Å². The highest BCUT2D eigenvalue weighted by atomic mass is 16.3. The summed E-state index contributed by atoms with van der Waals surface area (Å²) in [6.07, 6.45) is 2.91. The standard InChI is InChI=1S/C9H7N3O/c13-9-4-2-1-3-7(9)8-5-10-6-11-12-8/h1-6,13H. The van der Waals surface area contributed by atoms with E-state index >= 15 is 0 Å². The van der Waals surface area contributed by atoms with E-state index in [2.05, 4.69) is 15.2 Å². The summed E-state index contributed by atoms with van der Waals surface area (Å²) in [5.41, 5.74) is 1.21. The lowest BCUT2D eigenvalue weighted by Crippen LogP contribution is -1.88. The Balaban J connectivity index is 2.54. The van der Waals surface area contributed by atoms with Crippen molar-refractivity contribution in [1.82, 2.24) is 15.2 Å². The Morgan fingerprint density at radius 1 is 1.15 bits per heavy atom. The van der Waals surface area contributed by atoms with Crippen LogP contribution in [0.5, 0.6) is 5.75 Å². The van der Waals surface area contributed by atoms with Crippen LogP contribution in [-0.2, 0) is 0 Å². The third-order valence-corrected chi connectivity index (χ3v) is 1.66. The third-order valence-electron chi connectivity index (χ3n) is 1.66. The average Bonchev–Trinajstić information content (AvgIpc) is 2.20. The maximum Gasteiger partial charge on any atom is 0.138 e. The van der Waals surface area contributed by atoms with Gasteiger partial charge in [0.15, 0.2) is 0 Å². The Morgan fingerprint density at radius 2 is 2.00 bits per heavy atom. The summed E-state index contributed by atoms with van der Waals surface area (Å²) in [5, 5.41) is 16.9. The van der Waals surface area contributed by atoms with Crippen LogP contribution in [0.15, 0.2) is 36.8 Å². The second kappa shape index (κ2) is 3.18. The summed E-state index contributed by atoms with van der Waals surface area (Å²) in [6, 6.07) is 6.94. The van der Waals surface area contributed by atoms with E-state index in [1.165, 1.54) is 6.33 Å². The zero-order valence-corrected chi connectivity index (χ0v) is 6.75. The van der Waals surface area contributed by atoms with E-state index < -0.39 is 0 Å². The predicted molar refractivity (Wildman–Crippen MR) is 46.9 cm³/mol. The molecule has 0 aliphatic rings. The second-order valence-corrected chi connectivity index (χ2v) is 2.51. The smallest absolute Gasteiger partial charge is 0.138 e. The molecule has 64 valence electrons. The molecule has 1 heterocycles. The van der Waals surface area contributed by atoms with Gasteiger partial charge in [-0.05, 0) is 12.1 Å². The van der Waals surface area contributed by atoms with E-state index in [4.69, 9.17) is 0 Å². The van der Waals surface area contributed by atoms with E-state index in [0.29, 0.717) is 11.3 Å². The number of phenols is 1. The van der Waals surface area contributed by atoms with Crippen LogP contribution in [0.3, 0.4) is 0 Å². The molecule has 0 bridgehead atoms. The zero-order valence-electron chi connectivity index (χ0n) is 6.75. The number of nitrogens with zero attached hydrogens (tertiary/aromatic N) is 3. The van der Waals surface area contributed by atoms with Crippen LogP contribution in [0, 0.1) is 0 Å². The van der Waals surface area contributed by atoms with Crippen molar-refractivity contribution in [3.63, 3.8) is 0 Å². The summed E-state index contributed by atoms with van der Waals surface area (Å²) < 4.78 is 0. The average molecular weight is 173 g/mol. The molecule has 0 fully saturated rings. The maximum absolute atomic E-state index is 9.47. The maximum atomic E-state index is 9.47. The van der Waals surface area contributed by atoms with Gasteiger partial charge in [0.1, 0.15) is 17.8 Å². The lowest BCUT2D eigenvalue weighted by atomic mass is 10.1. The predicted octanol–water partition coefficient (Wildman–Crippen LogP) is 1.24. The summed E-state index contributed by atoms with van der Waals surface area (Å²) >= 11 is 0. The van der Waals surface area contributed by atoms with Gasteiger partial charge in [0.05, 0.1) is 6.20 Å². The summed E-state index contributed by atoms with van der Waals surface area (Å²) in [7, 11) is 0. The SMILES string of the molecule is Oc1ccccc1-c1cncnn1. The van der Waals surface area contributed by atoms with Crippen LogP contribution in [0.25, 0.3) is 11.3 Å². The molecule has 0 saturated heterocycles. The molecule has 1 N–H and O–H groups in total. The molecule has 13 heavy (non-hydrogen) atoms. The van der Waals surface area contributed by atoms with Crippen molar-refractivity contribution >= 4 is 0 Å². The number of rotatable bonds is 1. The van der Waals surface area contributed by atoms with Gasteiger partial charge in [-0.2, -0.15) is 0 Å². The molecule has 2 aromatic rings. The van der Waals surface area contributed by atoms with Gasteiger partial charge in [-0.3, -0.25) is 0 Å². The van der Waals surface area contributed by atoms with Gasteiger partial charge in [0.25, 0.3) is 0 Å². The molecular weight excluding hydrogens is 166 g/mol. The minimum Gasteiger partial charge on any atom is -0.507 e. The van der Waals surface area contributed by atoms with Crippen LogP contribution in [0.2, 0.25) is 0 Å². The second-order valence-electron chi connectivity index (χ2n) is 2.51. The van der Waals surface area contributed by atoms with Crippen LogP contribution < -0.4 is 0 Å². The van der Waals surface area contributed by atoms with E-state index in [1.807, 2.05) is 6.07 Å². The van der Waals surface area contributed by atoms with Crippen LogP contribution >= 0.6 is 0 Å². The highest BCUT2D eigenvalue weighted by Crippen LogP contribution is 2.25. The third kappa shape index (κ3) is 1.46. The van der Waals surface area contributed by atoms with Crippen molar-refractivity contribution < 1.29 is 5.11 Å². The molecule has 0 aliphatic heterocycles. The summed E-state index contributed by atoms with van der Waals surface area (Å²) in [4.78, 5) is 3.82.